The second-order valence-corrected chi connectivity index (χ2v) is 17.2. The molecule has 0 saturated carbocycles. The summed E-state index contributed by atoms with van der Waals surface area (Å²) < 4.78 is 138. The molecule has 0 fully saturated rings. The Bertz CT molecular complexity index is 3520. The van der Waals surface area contributed by atoms with Crippen molar-refractivity contribution < 1.29 is 48.1 Å². The number of phenolic OH excluding ortho intramolecular Hbond substituents is 1. The minimum absolute atomic E-state index is 0. The Morgan fingerprint density at radius 3 is 2.10 bits per heavy atom. The predicted molar refractivity (Wildman–Crippen MR) is 257 cm³/mol. The van der Waals surface area contributed by atoms with Crippen LogP contribution in [0.15, 0.2) is 133 Å². The molecule has 318 valence electrons. The average molecular weight is 1010 g/mol. The van der Waals surface area contributed by atoms with Crippen molar-refractivity contribution >= 4 is 11.0 Å². The number of nitrogens with zero attached hydrogens (tertiary/aromatic N) is 3. The topological polar surface area (TPSA) is 50.9 Å². The standard InChI is InChI=1S/C57H58N3O.Pt/c1-35(2)41-32-49(36(3)4)54(61)50(33-41)55-59-53-48(18-15-19-52(53)60(55)46-24-25-47(37(5)28-46)39-16-13-12-14-17-39)42-29-43(31-45(30-42)57(9,10)11)51-34-40(26-27-58-51)38-20-22-44(23-21-38)56(6,7)8;/h12-28,30-36,61H,1-11H3;/q-1;/i5D3,6D3,7D3,8D3,20D,21D,22D,23D;. The molecule has 2 aromatic heterocycles. The molecule has 0 spiro atoms. The fourth-order valence-corrected chi connectivity index (χ4v) is 7.59. The summed E-state index contributed by atoms with van der Waals surface area (Å²) in [6.07, 6.45) is 1.38. The third kappa shape index (κ3) is 8.73. The number of rotatable bonds is 8. The molecule has 0 bridgehead atoms. The van der Waals surface area contributed by atoms with E-state index >= 15 is 0 Å². The SMILES string of the molecule is [2H]c1c([2H])c(C(C([2H])([2H])[2H])(C([2H])([2H])[2H])C([2H])([2H])[2H])c([2H])c([2H])c1-c1ccnc(-c2[c-]c(-c3cccc4c3nc(-c3cc(C(C)C)cc(C(C)C)c3O)n4-c3ccc(-c4ccccc4)c(C([2H])([2H])[2H])c3)cc(C(C)(C)C)c2)c1.[Pt]. The Balaban J connectivity index is 0.00000882. The molecule has 6 aromatic carbocycles. The summed E-state index contributed by atoms with van der Waals surface area (Å²) in [6, 6.07) is 30.5. The van der Waals surface area contributed by atoms with Gasteiger partial charge in [-0.1, -0.05) is 165 Å². The first-order valence-electron chi connectivity index (χ1n) is 28.4. The monoisotopic (exact) mass is 1010 g/mol. The molecule has 0 aliphatic heterocycles. The van der Waals surface area contributed by atoms with Gasteiger partial charge < -0.3 is 5.11 Å². The molecule has 0 amide bonds. The van der Waals surface area contributed by atoms with Crippen LogP contribution in [-0.2, 0) is 31.9 Å². The van der Waals surface area contributed by atoms with Crippen LogP contribution in [0.3, 0.4) is 0 Å². The first-order chi connectivity index (χ1) is 35.6. The van der Waals surface area contributed by atoms with Gasteiger partial charge in [0.2, 0.25) is 0 Å². The van der Waals surface area contributed by atoms with Crippen LogP contribution in [0.2, 0.25) is 0 Å². The van der Waals surface area contributed by atoms with E-state index in [9.17, 15) is 5.11 Å². The third-order valence-corrected chi connectivity index (χ3v) is 11.1. The van der Waals surface area contributed by atoms with E-state index in [-0.39, 0.29) is 61.0 Å². The molecule has 5 heteroatoms. The van der Waals surface area contributed by atoms with Crippen LogP contribution in [0.1, 0.15) is 131 Å². The Hall–Kier alpha value is -5.57. The summed E-state index contributed by atoms with van der Waals surface area (Å²) in [6.45, 7) is 0.190. The van der Waals surface area contributed by atoms with Crippen LogP contribution < -0.4 is 0 Å². The molecule has 0 atom stereocenters. The molecule has 0 saturated heterocycles. The van der Waals surface area contributed by atoms with E-state index in [1.165, 1.54) is 18.3 Å². The molecule has 0 aliphatic rings. The molecule has 1 N–H and O–H groups in total. The van der Waals surface area contributed by atoms with Gasteiger partial charge in [0.15, 0.2) is 0 Å². The maximum atomic E-state index is 12.2. The van der Waals surface area contributed by atoms with Crippen molar-refractivity contribution in [1.82, 2.24) is 14.5 Å². The molecule has 8 aromatic rings. The van der Waals surface area contributed by atoms with Gasteiger partial charge in [-0.25, -0.2) is 4.98 Å². The fourth-order valence-electron chi connectivity index (χ4n) is 7.59. The van der Waals surface area contributed by atoms with E-state index in [4.69, 9.17) is 26.9 Å². The zero-order valence-corrected chi connectivity index (χ0v) is 37.9. The van der Waals surface area contributed by atoms with Crippen molar-refractivity contribution in [3.63, 3.8) is 0 Å². The van der Waals surface area contributed by atoms with Crippen LogP contribution in [0.4, 0.5) is 0 Å². The van der Waals surface area contributed by atoms with Gasteiger partial charge in [-0.15, -0.1) is 29.3 Å². The van der Waals surface area contributed by atoms with Gasteiger partial charge in [-0.3, -0.25) is 9.55 Å². The molecule has 8 rings (SSSR count). The number of aryl methyl sites for hydroxylation is 1. The van der Waals surface area contributed by atoms with Gasteiger partial charge in [0.05, 0.1) is 22.1 Å². The maximum absolute atomic E-state index is 12.2. The van der Waals surface area contributed by atoms with Gasteiger partial charge in [0, 0.05) is 55.1 Å². The smallest absolute Gasteiger partial charge is 0.148 e. The van der Waals surface area contributed by atoms with E-state index < -0.39 is 68.0 Å². The van der Waals surface area contributed by atoms with E-state index in [0.717, 1.165) is 22.3 Å². The average Bonchev–Trinajstić information content (AvgIpc) is 3.82. The number of phenols is 1. The summed E-state index contributed by atoms with van der Waals surface area (Å²) >= 11 is 0. The molecule has 0 aliphatic carbocycles. The van der Waals surface area contributed by atoms with E-state index in [1.54, 1.807) is 12.1 Å². The van der Waals surface area contributed by atoms with Crippen LogP contribution in [0.25, 0.3) is 72.7 Å². The van der Waals surface area contributed by atoms with Gasteiger partial charge in [-0.05, 0) is 104 Å². The Labute approximate surface area is 405 Å². The summed E-state index contributed by atoms with van der Waals surface area (Å²) in [7, 11) is 0. The number of pyridine rings is 1. The normalized spacial score (nSPS) is 16.6. The first-order valence-corrected chi connectivity index (χ1v) is 20.4. The minimum Gasteiger partial charge on any atom is -0.507 e. The Kier molecular flexibility index (Phi) is 7.86. The summed E-state index contributed by atoms with van der Waals surface area (Å²) in [5.74, 6) is 0.399. The summed E-state index contributed by atoms with van der Waals surface area (Å²) in [5.41, 5.74) is 2.02. The van der Waals surface area contributed by atoms with Gasteiger partial charge >= 0.3 is 0 Å². The van der Waals surface area contributed by atoms with E-state index in [0.29, 0.717) is 50.4 Å². The second-order valence-electron chi connectivity index (χ2n) is 17.2. The van der Waals surface area contributed by atoms with Crippen molar-refractivity contribution in [2.24, 2.45) is 0 Å². The minimum atomic E-state index is -3.83. The molecule has 0 radical (unpaired) electrons. The molecule has 0 unspecified atom stereocenters. The van der Waals surface area contributed by atoms with Crippen LogP contribution in [0, 0.1) is 12.9 Å². The number of para-hydroxylation sites is 1. The molecule has 62 heavy (non-hydrogen) atoms. The number of benzene rings is 6. The van der Waals surface area contributed by atoms with Crippen LogP contribution >= 0.6 is 0 Å². The number of fused-ring (bicyclic) bond motifs is 1. The van der Waals surface area contributed by atoms with Gasteiger partial charge in [0.25, 0.3) is 0 Å². The Morgan fingerprint density at radius 2 is 1.42 bits per heavy atom. The van der Waals surface area contributed by atoms with Crippen LogP contribution in [0.5, 0.6) is 5.75 Å². The van der Waals surface area contributed by atoms with Gasteiger partial charge in [-0.2, -0.15) is 0 Å². The molecular weight excluding hydrogens is 938 g/mol. The fraction of sp³-hybridized carbons (Fsp3) is 0.263. The second kappa shape index (κ2) is 17.3. The number of aromatic nitrogens is 3. The zero-order valence-electron chi connectivity index (χ0n) is 51.7. The van der Waals surface area contributed by atoms with Crippen LogP contribution in [-0.4, -0.2) is 19.6 Å². The number of imidazole rings is 1. The zero-order chi connectivity index (χ0) is 56.9. The van der Waals surface area contributed by atoms with E-state index in [1.807, 2.05) is 118 Å². The molecular formula is C57H58N3OPt-. The van der Waals surface area contributed by atoms with Crippen molar-refractivity contribution in [3.8, 4) is 67.5 Å². The van der Waals surface area contributed by atoms with Crippen molar-refractivity contribution in [2.75, 3.05) is 0 Å². The third-order valence-electron chi connectivity index (χ3n) is 11.1. The quantitative estimate of drug-likeness (QED) is 0.154. The Morgan fingerprint density at radius 1 is 0.677 bits per heavy atom. The summed E-state index contributed by atoms with van der Waals surface area (Å²) in [4.78, 5) is 10.0. The first kappa shape index (κ1) is 28.2. The maximum Gasteiger partial charge on any atom is 0.148 e. The van der Waals surface area contributed by atoms with E-state index in [2.05, 4.69) is 24.9 Å². The van der Waals surface area contributed by atoms with Crippen molar-refractivity contribution in [1.29, 1.82) is 0 Å². The number of hydrogen-bond acceptors (Lipinski definition) is 3. The molecule has 2 heterocycles. The number of hydrogen-bond donors (Lipinski definition) is 1. The number of aromatic hydroxyl groups is 1. The van der Waals surface area contributed by atoms with Crippen molar-refractivity contribution in [2.45, 2.75) is 98.5 Å². The van der Waals surface area contributed by atoms with Crippen molar-refractivity contribution in [3.05, 3.63) is 167 Å². The van der Waals surface area contributed by atoms with Gasteiger partial charge in [0.1, 0.15) is 11.6 Å². The molecule has 4 nitrogen and oxygen atoms in total. The largest absolute Gasteiger partial charge is 0.507 e. The predicted octanol–water partition coefficient (Wildman–Crippen LogP) is 15.4. The summed E-state index contributed by atoms with van der Waals surface area (Å²) in [5, 5.41) is 12.2.